The van der Waals surface area contributed by atoms with Crippen LogP contribution in [-0.4, -0.2) is 47.1 Å². The van der Waals surface area contributed by atoms with Crippen molar-refractivity contribution in [3.05, 3.63) is 0 Å². The Balaban J connectivity index is 2.20. The van der Waals surface area contributed by atoms with Crippen molar-refractivity contribution in [2.75, 3.05) is 19.6 Å². The zero-order valence-corrected chi connectivity index (χ0v) is 10.8. The zero-order valence-electron chi connectivity index (χ0n) is 10.8. The molecular weight excluding hydrogens is 220 g/mol. The lowest BCUT2D eigenvalue weighted by atomic mass is 9.96. The number of likely N-dealkylation sites (tertiary alicyclic amines) is 1. The summed E-state index contributed by atoms with van der Waals surface area (Å²) >= 11 is 0. The first kappa shape index (κ1) is 14.0. The first-order valence-electron chi connectivity index (χ1n) is 6.07. The normalized spacial score (nSPS) is 17.6. The molecular formula is C12H22N2O3. The predicted molar refractivity (Wildman–Crippen MR) is 64.7 cm³/mol. The molecule has 5 nitrogen and oxygen atoms in total. The molecule has 0 radical (unpaired) electrons. The lowest BCUT2D eigenvalue weighted by Gasteiger charge is -2.38. The van der Waals surface area contributed by atoms with Crippen molar-refractivity contribution in [2.45, 2.75) is 39.2 Å². The van der Waals surface area contributed by atoms with Crippen LogP contribution >= 0.6 is 0 Å². The quantitative estimate of drug-likeness (QED) is 0.719. The number of amides is 1. The van der Waals surface area contributed by atoms with Crippen LogP contribution in [0.1, 0.15) is 33.6 Å². The van der Waals surface area contributed by atoms with Gasteiger partial charge in [-0.1, -0.05) is 6.92 Å². The number of hydrogen-bond acceptors (Lipinski definition) is 3. The molecule has 0 bridgehead atoms. The number of carboxylic acid groups (broad SMARTS) is 1. The maximum Gasteiger partial charge on any atom is 0.303 e. The number of nitrogens with one attached hydrogen (secondary N) is 1. The van der Waals surface area contributed by atoms with Gasteiger partial charge in [-0.25, -0.2) is 0 Å². The monoisotopic (exact) mass is 242 g/mol. The Morgan fingerprint density at radius 1 is 1.41 bits per heavy atom. The zero-order chi connectivity index (χ0) is 13.1. The fourth-order valence-corrected chi connectivity index (χ4v) is 1.89. The summed E-state index contributed by atoms with van der Waals surface area (Å²) in [5.41, 5.74) is -0.164. The highest BCUT2D eigenvalue weighted by Gasteiger charge is 2.30. The molecule has 5 heteroatoms. The second-order valence-corrected chi connectivity index (χ2v) is 5.44. The second kappa shape index (κ2) is 5.49. The van der Waals surface area contributed by atoms with Crippen molar-refractivity contribution in [3.63, 3.8) is 0 Å². The van der Waals surface area contributed by atoms with Gasteiger partial charge in [0.05, 0.1) is 13.0 Å². The van der Waals surface area contributed by atoms with Gasteiger partial charge in [-0.3, -0.25) is 14.5 Å². The Morgan fingerprint density at radius 3 is 2.47 bits per heavy atom. The summed E-state index contributed by atoms with van der Waals surface area (Å²) in [7, 11) is 0. The summed E-state index contributed by atoms with van der Waals surface area (Å²) in [5.74, 6) is -0.531. The Labute approximate surface area is 102 Å². The molecule has 17 heavy (non-hydrogen) atoms. The van der Waals surface area contributed by atoms with Gasteiger partial charge in [0.1, 0.15) is 0 Å². The van der Waals surface area contributed by atoms with Gasteiger partial charge >= 0.3 is 5.97 Å². The van der Waals surface area contributed by atoms with Crippen molar-refractivity contribution in [1.29, 1.82) is 0 Å². The topological polar surface area (TPSA) is 69.6 Å². The number of carbonyl (C=O) groups is 2. The highest BCUT2D eigenvalue weighted by atomic mass is 16.4. The molecule has 1 aliphatic rings. The Morgan fingerprint density at radius 2 is 2.00 bits per heavy atom. The van der Waals surface area contributed by atoms with E-state index in [9.17, 15) is 9.59 Å². The highest BCUT2D eigenvalue weighted by Crippen LogP contribution is 2.18. The van der Waals surface area contributed by atoms with Crippen molar-refractivity contribution in [2.24, 2.45) is 5.92 Å². The van der Waals surface area contributed by atoms with Crippen molar-refractivity contribution < 1.29 is 14.7 Å². The van der Waals surface area contributed by atoms with Crippen molar-refractivity contribution >= 4 is 11.9 Å². The summed E-state index contributed by atoms with van der Waals surface area (Å²) in [6.07, 6.45) is 1.10. The summed E-state index contributed by atoms with van der Waals surface area (Å²) in [6.45, 7) is 7.83. The van der Waals surface area contributed by atoms with Gasteiger partial charge < -0.3 is 10.4 Å². The van der Waals surface area contributed by atoms with Crippen molar-refractivity contribution in [1.82, 2.24) is 10.2 Å². The van der Waals surface area contributed by atoms with E-state index in [1.807, 2.05) is 25.7 Å². The van der Waals surface area contributed by atoms with E-state index in [4.69, 9.17) is 5.11 Å². The van der Waals surface area contributed by atoms with Gasteiger partial charge in [-0.15, -0.1) is 0 Å². The molecule has 1 fully saturated rings. The summed E-state index contributed by atoms with van der Waals surface area (Å²) in [5, 5.41) is 11.6. The minimum Gasteiger partial charge on any atom is -0.481 e. The molecule has 0 aromatic heterocycles. The molecule has 98 valence electrons. The van der Waals surface area contributed by atoms with Crippen LogP contribution in [0.15, 0.2) is 0 Å². The smallest absolute Gasteiger partial charge is 0.303 e. The minimum atomic E-state index is -0.758. The van der Waals surface area contributed by atoms with E-state index in [1.54, 1.807) is 0 Å². The Bertz CT molecular complexity index is 296. The minimum absolute atomic E-state index is 0.0191. The SMILES string of the molecule is CCC(C)(C)NC(=O)CN1CC(CC(=O)O)C1. The van der Waals surface area contributed by atoms with E-state index >= 15 is 0 Å². The molecule has 0 spiro atoms. The largest absolute Gasteiger partial charge is 0.481 e. The van der Waals surface area contributed by atoms with E-state index in [0.29, 0.717) is 19.6 Å². The van der Waals surface area contributed by atoms with Crippen LogP contribution in [0.2, 0.25) is 0 Å². The Kier molecular flexibility index (Phi) is 4.51. The fourth-order valence-electron chi connectivity index (χ4n) is 1.89. The van der Waals surface area contributed by atoms with E-state index in [2.05, 4.69) is 5.32 Å². The molecule has 1 saturated heterocycles. The molecule has 1 aliphatic heterocycles. The molecule has 0 unspecified atom stereocenters. The third kappa shape index (κ3) is 4.73. The third-order valence-electron chi connectivity index (χ3n) is 3.22. The predicted octanol–water partition coefficient (Wildman–Crippen LogP) is 0.698. The van der Waals surface area contributed by atoms with Crippen LogP contribution in [-0.2, 0) is 9.59 Å². The molecule has 0 atom stereocenters. The molecule has 0 aromatic carbocycles. The first-order valence-corrected chi connectivity index (χ1v) is 6.07. The summed E-state index contributed by atoms with van der Waals surface area (Å²) in [6, 6.07) is 0. The molecule has 0 aromatic rings. The average Bonchev–Trinajstić information content (AvgIpc) is 2.13. The summed E-state index contributed by atoms with van der Waals surface area (Å²) < 4.78 is 0. The van der Waals surface area contributed by atoms with Crippen molar-refractivity contribution in [3.8, 4) is 0 Å². The standard InChI is InChI=1S/C12H22N2O3/c1-4-12(2,3)13-10(15)8-14-6-9(7-14)5-11(16)17/h9H,4-8H2,1-3H3,(H,13,15)(H,16,17). The van der Waals surface area contributed by atoms with Crippen LogP contribution in [0, 0.1) is 5.92 Å². The third-order valence-corrected chi connectivity index (χ3v) is 3.22. The van der Waals surface area contributed by atoms with Gasteiger partial charge in [-0.2, -0.15) is 0 Å². The number of rotatable bonds is 6. The summed E-state index contributed by atoms with van der Waals surface area (Å²) in [4.78, 5) is 24.1. The van der Waals surface area contributed by atoms with Crippen LogP contribution in [0.25, 0.3) is 0 Å². The van der Waals surface area contributed by atoms with Gasteiger partial charge in [0.25, 0.3) is 0 Å². The number of carbonyl (C=O) groups excluding carboxylic acids is 1. The fraction of sp³-hybridized carbons (Fsp3) is 0.833. The van der Waals surface area contributed by atoms with E-state index in [-0.39, 0.29) is 23.8 Å². The second-order valence-electron chi connectivity index (χ2n) is 5.44. The molecule has 1 amide bonds. The molecule has 1 rings (SSSR count). The number of nitrogens with zero attached hydrogens (tertiary/aromatic N) is 1. The van der Waals surface area contributed by atoms with Gasteiger partial charge in [0.15, 0.2) is 0 Å². The highest BCUT2D eigenvalue weighted by molar-refractivity contribution is 5.79. The molecule has 0 aliphatic carbocycles. The van der Waals surface area contributed by atoms with Crippen LogP contribution in [0.3, 0.4) is 0 Å². The van der Waals surface area contributed by atoms with Crippen LogP contribution in [0.4, 0.5) is 0 Å². The maximum absolute atomic E-state index is 11.7. The lowest BCUT2D eigenvalue weighted by molar-refractivity contribution is -0.139. The van der Waals surface area contributed by atoms with Gasteiger partial charge in [0.2, 0.25) is 5.91 Å². The molecule has 1 heterocycles. The average molecular weight is 242 g/mol. The maximum atomic E-state index is 11.7. The lowest BCUT2D eigenvalue weighted by Crippen LogP contribution is -2.54. The van der Waals surface area contributed by atoms with Gasteiger partial charge in [-0.05, 0) is 26.2 Å². The number of hydrogen-bond donors (Lipinski definition) is 2. The van der Waals surface area contributed by atoms with Gasteiger partial charge in [0, 0.05) is 18.6 Å². The van der Waals surface area contributed by atoms with E-state index < -0.39 is 5.97 Å². The number of aliphatic carboxylic acids is 1. The van der Waals surface area contributed by atoms with E-state index in [1.165, 1.54) is 0 Å². The number of carboxylic acids is 1. The van der Waals surface area contributed by atoms with E-state index in [0.717, 1.165) is 6.42 Å². The molecule has 0 saturated carbocycles. The van der Waals surface area contributed by atoms with Crippen LogP contribution < -0.4 is 5.32 Å². The Hall–Kier alpha value is -1.10. The molecule has 2 N–H and O–H groups in total. The first-order chi connectivity index (χ1) is 7.82. The van der Waals surface area contributed by atoms with Crippen LogP contribution in [0.5, 0.6) is 0 Å².